The first kappa shape index (κ1) is 25.5. The summed E-state index contributed by atoms with van der Waals surface area (Å²) in [4.78, 5) is 51.8. The van der Waals surface area contributed by atoms with Crippen LogP contribution in [0.25, 0.3) is 0 Å². The van der Waals surface area contributed by atoms with Gasteiger partial charge in [-0.15, -0.1) is 11.8 Å². The molecule has 1 aliphatic carbocycles. The molecular weight excluding hydrogens is 452 g/mol. The van der Waals surface area contributed by atoms with E-state index in [4.69, 9.17) is 4.74 Å². The minimum atomic E-state index is -0.647. The Balaban J connectivity index is 1.55. The molecule has 0 spiro atoms. The van der Waals surface area contributed by atoms with Gasteiger partial charge >= 0.3 is 5.97 Å². The van der Waals surface area contributed by atoms with Crippen molar-refractivity contribution in [3.8, 4) is 0 Å². The number of carbonyl (C=O) groups excluding carboxylic acids is 4. The van der Waals surface area contributed by atoms with E-state index in [0.29, 0.717) is 21.7 Å². The Kier molecular flexibility index (Phi) is 9.27. The Morgan fingerprint density at radius 3 is 2.32 bits per heavy atom. The van der Waals surface area contributed by atoms with Crippen LogP contribution in [-0.4, -0.2) is 53.9 Å². The zero-order valence-electron chi connectivity index (χ0n) is 19.5. The third kappa shape index (κ3) is 6.93. The van der Waals surface area contributed by atoms with Gasteiger partial charge in [0, 0.05) is 23.5 Å². The average molecular weight is 483 g/mol. The summed E-state index contributed by atoms with van der Waals surface area (Å²) in [5.41, 5.74) is 1.05. The molecule has 2 aromatic rings. The molecule has 0 saturated heterocycles. The lowest BCUT2D eigenvalue weighted by atomic mass is 9.94. The number of esters is 1. The summed E-state index contributed by atoms with van der Waals surface area (Å²) in [7, 11) is 1.85. The monoisotopic (exact) mass is 482 g/mol. The van der Waals surface area contributed by atoms with Crippen LogP contribution in [-0.2, 0) is 14.3 Å². The molecule has 1 fully saturated rings. The zero-order valence-corrected chi connectivity index (χ0v) is 20.4. The van der Waals surface area contributed by atoms with E-state index in [-0.39, 0.29) is 23.5 Å². The first-order valence-corrected chi connectivity index (χ1v) is 12.4. The van der Waals surface area contributed by atoms with E-state index in [9.17, 15) is 19.2 Å². The molecule has 0 radical (unpaired) electrons. The molecule has 0 atom stereocenters. The van der Waals surface area contributed by atoms with E-state index >= 15 is 0 Å². The van der Waals surface area contributed by atoms with E-state index in [2.05, 4.69) is 5.32 Å². The van der Waals surface area contributed by atoms with Crippen molar-refractivity contribution in [1.82, 2.24) is 4.90 Å². The van der Waals surface area contributed by atoms with Crippen molar-refractivity contribution in [3.05, 3.63) is 59.7 Å². The number of benzene rings is 2. The molecule has 2 amide bonds. The minimum Gasteiger partial charge on any atom is -0.452 e. The number of hydrogen-bond acceptors (Lipinski definition) is 6. The van der Waals surface area contributed by atoms with E-state index < -0.39 is 18.5 Å². The van der Waals surface area contributed by atoms with Gasteiger partial charge in [-0.1, -0.05) is 43.5 Å². The summed E-state index contributed by atoms with van der Waals surface area (Å²) in [5.74, 6) is -1.12. The number of nitrogens with zero attached hydrogens (tertiary/aromatic N) is 1. The molecule has 2 aromatic carbocycles. The maximum absolute atomic E-state index is 12.7. The molecule has 1 N–H and O–H groups in total. The normalized spacial score (nSPS) is 13.7. The SMILES string of the molecule is CC(=O)c1ccccc1NC(=O)COC(=O)c1ccccc1SCC(=O)N(C)C1CCCCC1. The van der Waals surface area contributed by atoms with E-state index in [1.165, 1.54) is 25.1 Å². The van der Waals surface area contributed by atoms with Crippen LogP contribution < -0.4 is 5.32 Å². The number of thioether (sulfide) groups is 1. The maximum Gasteiger partial charge on any atom is 0.339 e. The summed E-state index contributed by atoms with van der Waals surface area (Å²) >= 11 is 1.29. The van der Waals surface area contributed by atoms with Gasteiger partial charge in [0.1, 0.15) is 0 Å². The fourth-order valence-corrected chi connectivity index (χ4v) is 4.93. The quantitative estimate of drug-likeness (QED) is 0.320. The van der Waals surface area contributed by atoms with Gasteiger partial charge < -0.3 is 15.0 Å². The summed E-state index contributed by atoms with van der Waals surface area (Å²) in [6.45, 7) is 0.921. The molecule has 180 valence electrons. The lowest BCUT2D eigenvalue weighted by Gasteiger charge is -2.31. The second kappa shape index (κ2) is 12.4. The van der Waals surface area contributed by atoms with Crippen molar-refractivity contribution in [2.24, 2.45) is 0 Å². The Bertz CT molecular complexity index is 1050. The van der Waals surface area contributed by atoms with Crippen LogP contribution in [0, 0.1) is 0 Å². The number of ether oxygens (including phenoxy) is 1. The lowest BCUT2D eigenvalue weighted by molar-refractivity contribution is -0.129. The predicted molar refractivity (Wildman–Crippen MR) is 132 cm³/mol. The van der Waals surface area contributed by atoms with Crippen LogP contribution >= 0.6 is 11.8 Å². The van der Waals surface area contributed by atoms with Crippen molar-refractivity contribution in [1.29, 1.82) is 0 Å². The molecule has 0 aliphatic heterocycles. The number of amides is 2. The highest BCUT2D eigenvalue weighted by atomic mass is 32.2. The van der Waals surface area contributed by atoms with E-state index in [0.717, 1.165) is 25.7 Å². The van der Waals surface area contributed by atoms with Gasteiger partial charge in [0.2, 0.25) is 5.91 Å². The molecule has 7 nitrogen and oxygen atoms in total. The Hall–Kier alpha value is -3.13. The van der Waals surface area contributed by atoms with Crippen molar-refractivity contribution in [2.45, 2.75) is 50.0 Å². The van der Waals surface area contributed by atoms with Crippen molar-refractivity contribution in [2.75, 3.05) is 24.7 Å². The topological polar surface area (TPSA) is 92.8 Å². The molecule has 0 unspecified atom stereocenters. The predicted octanol–water partition coefficient (Wildman–Crippen LogP) is 4.57. The van der Waals surface area contributed by atoms with Crippen molar-refractivity contribution >= 4 is 41.0 Å². The first-order chi connectivity index (χ1) is 16.4. The number of anilines is 1. The smallest absolute Gasteiger partial charge is 0.339 e. The molecule has 1 aliphatic rings. The van der Waals surface area contributed by atoms with Crippen molar-refractivity contribution < 1.29 is 23.9 Å². The number of ketones is 1. The Morgan fingerprint density at radius 1 is 0.971 bits per heavy atom. The third-order valence-corrected chi connectivity index (χ3v) is 6.95. The molecule has 0 bridgehead atoms. The summed E-state index contributed by atoms with van der Waals surface area (Å²) < 4.78 is 5.21. The maximum atomic E-state index is 12.7. The number of Topliss-reactive ketones (excluding diaryl/α,β-unsaturated/α-hetero) is 1. The highest BCUT2D eigenvalue weighted by Gasteiger charge is 2.23. The van der Waals surface area contributed by atoms with Gasteiger partial charge in [0.15, 0.2) is 12.4 Å². The summed E-state index contributed by atoms with van der Waals surface area (Å²) in [5, 5.41) is 2.60. The molecule has 1 saturated carbocycles. The number of rotatable bonds is 9. The van der Waals surface area contributed by atoms with Gasteiger partial charge in [-0.2, -0.15) is 0 Å². The molecule has 3 rings (SSSR count). The lowest BCUT2D eigenvalue weighted by Crippen LogP contribution is -2.39. The molecule has 8 heteroatoms. The standard InChI is InChI=1S/C26H30N2O5S/c1-18(29)20-12-6-8-14-22(20)27-24(30)16-33-26(32)21-13-7-9-15-23(21)34-17-25(31)28(2)19-10-4-3-5-11-19/h6-9,12-15,19H,3-5,10-11,16-17H2,1-2H3,(H,27,30). The fourth-order valence-electron chi connectivity index (χ4n) is 3.97. The first-order valence-electron chi connectivity index (χ1n) is 11.4. The fraction of sp³-hybridized carbons (Fsp3) is 0.385. The number of nitrogens with one attached hydrogen (secondary N) is 1. The second-order valence-electron chi connectivity index (χ2n) is 8.31. The van der Waals surface area contributed by atoms with Gasteiger partial charge in [-0.3, -0.25) is 14.4 Å². The van der Waals surface area contributed by atoms with E-state index in [1.807, 2.05) is 11.9 Å². The number of hydrogen-bond donors (Lipinski definition) is 1. The zero-order chi connectivity index (χ0) is 24.5. The second-order valence-corrected chi connectivity index (χ2v) is 9.32. The summed E-state index contributed by atoms with van der Waals surface area (Å²) in [6, 6.07) is 13.8. The van der Waals surface area contributed by atoms with Crippen LogP contribution in [0.4, 0.5) is 5.69 Å². The molecular formula is C26H30N2O5S. The Morgan fingerprint density at radius 2 is 1.62 bits per heavy atom. The van der Waals surface area contributed by atoms with Crippen LogP contribution in [0.15, 0.2) is 53.4 Å². The van der Waals surface area contributed by atoms with Crippen LogP contribution in [0.1, 0.15) is 59.7 Å². The highest BCUT2D eigenvalue weighted by molar-refractivity contribution is 8.00. The highest BCUT2D eigenvalue weighted by Crippen LogP contribution is 2.26. The molecule has 34 heavy (non-hydrogen) atoms. The van der Waals surface area contributed by atoms with Gasteiger partial charge in [-0.25, -0.2) is 4.79 Å². The van der Waals surface area contributed by atoms with Gasteiger partial charge in [-0.05, 0) is 44.0 Å². The Labute approximate surface area is 204 Å². The van der Waals surface area contributed by atoms with Crippen molar-refractivity contribution in [3.63, 3.8) is 0 Å². The average Bonchev–Trinajstić information content (AvgIpc) is 2.86. The largest absolute Gasteiger partial charge is 0.452 e. The minimum absolute atomic E-state index is 0.0311. The van der Waals surface area contributed by atoms with Crippen LogP contribution in [0.2, 0.25) is 0 Å². The van der Waals surface area contributed by atoms with E-state index in [1.54, 1.807) is 48.5 Å². The van der Waals surface area contributed by atoms with Crippen LogP contribution in [0.5, 0.6) is 0 Å². The number of carbonyl (C=O) groups is 4. The third-order valence-electron chi connectivity index (χ3n) is 5.89. The summed E-state index contributed by atoms with van der Waals surface area (Å²) in [6.07, 6.45) is 5.60. The number of para-hydroxylation sites is 1. The van der Waals surface area contributed by atoms with Gasteiger partial charge in [0.25, 0.3) is 5.91 Å². The molecule has 0 heterocycles. The van der Waals surface area contributed by atoms with Crippen LogP contribution in [0.3, 0.4) is 0 Å². The van der Waals surface area contributed by atoms with Gasteiger partial charge in [0.05, 0.1) is 17.0 Å². The molecule has 0 aromatic heterocycles.